The number of carboxylic acid groups (broad SMARTS) is 2. The first kappa shape index (κ1) is 28.0. The van der Waals surface area contributed by atoms with Crippen molar-refractivity contribution in [2.45, 2.75) is 63.1 Å². The van der Waals surface area contributed by atoms with Gasteiger partial charge in [0, 0.05) is 23.1 Å². The third-order valence-electron chi connectivity index (χ3n) is 6.81. The maximum absolute atomic E-state index is 13.2. The summed E-state index contributed by atoms with van der Waals surface area (Å²) in [6.45, 7) is 2.85. The van der Waals surface area contributed by atoms with Crippen molar-refractivity contribution in [3.05, 3.63) is 38.4 Å². The highest BCUT2D eigenvalue weighted by atomic mass is 32.2. The van der Waals surface area contributed by atoms with Gasteiger partial charge >= 0.3 is 5.97 Å². The minimum Gasteiger partial charge on any atom is -0.543 e. The Balaban J connectivity index is 1.36. The lowest BCUT2D eigenvalue weighted by molar-refractivity contribution is -0.692. The number of carbonyl (C=O) groups excluding carboxylic acids is 3. The standard InChI is InChI=1S/C24H26N6O7S3/c1-24(2,22(35)36)37-28-15(12-9-39-23(25)26-12)18(31)27-16-19(32)30-17(21(33)34)11(8-38-20(16)30)7-29-10-40-14-6-4-3-5-13(14)29/h9-10,16,20H,3-8H2,1-2H3,(H4-,25,26,27,31,33,34,35,36)/b28-15-/t16-,20-/m1/s1. The van der Waals surface area contributed by atoms with Crippen LogP contribution in [0.25, 0.3) is 0 Å². The second-order valence-electron chi connectivity index (χ2n) is 9.95. The van der Waals surface area contributed by atoms with Gasteiger partial charge in [-0.05, 0) is 33.1 Å². The number of aromatic nitrogens is 2. The maximum atomic E-state index is 13.2. The van der Waals surface area contributed by atoms with Crippen LogP contribution in [0.3, 0.4) is 0 Å². The molecule has 1 saturated heterocycles. The lowest BCUT2D eigenvalue weighted by atomic mass is 10.0. The highest BCUT2D eigenvalue weighted by Gasteiger charge is 2.53. The highest BCUT2D eigenvalue weighted by Crippen LogP contribution is 2.40. The monoisotopic (exact) mass is 606 g/mol. The summed E-state index contributed by atoms with van der Waals surface area (Å²) in [6.07, 6.45) is 4.16. The molecular weight excluding hydrogens is 581 g/mol. The predicted octanol–water partition coefficient (Wildman–Crippen LogP) is -0.359. The predicted molar refractivity (Wildman–Crippen MR) is 144 cm³/mol. The van der Waals surface area contributed by atoms with Gasteiger partial charge < -0.3 is 30.9 Å². The zero-order chi connectivity index (χ0) is 28.8. The van der Waals surface area contributed by atoms with Crippen molar-refractivity contribution in [2.24, 2.45) is 5.16 Å². The number of carboxylic acids is 2. The summed E-state index contributed by atoms with van der Waals surface area (Å²) in [7, 11) is 0. The van der Waals surface area contributed by atoms with Gasteiger partial charge in [0.1, 0.15) is 17.1 Å². The van der Waals surface area contributed by atoms with Crippen LogP contribution in [0.2, 0.25) is 0 Å². The number of carbonyl (C=O) groups is 4. The molecular formula is C24H26N6O7S3. The first-order valence-corrected chi connectivity index (χ1v) is 15.2. The molecule has 4 heterocycles. The molecule has 2 aliphatic heterocycles. The van der Waals surface area contributed by atoms with Gasteiger partial charge in [-0.15, -0.1) is 23.1 Å². The summed E-state index contributed by atoms with van der Waals surface area (Å²) in [5, 5.41) is 28.7. The number of hydrogen-bond donors (Lipinski definition) is 3. The molecule has 3 aliphatic rings. The maximum Gasteiger partial charge on any atom is 0.350 e. The molecule has 0 bridgehead atoms. The third-order valence-corrected chi connectivity index (χ3v) is 9.90. The highest BCUT2D eigenvalue weighted by molar-refractivity contribution is 8.00. The number of hydrogen-bond acceptors (Lipinski definition) is 12. The molecule has 2 amide bonds. The first-order valence-electron chi connectivity index (χ1n) is 12.4. The number of aryl methyl sites for hydroxylation is 1. The summed E-state index contributed by atoms with van der Waals surface area (Å²) in [5.74, 6) is -3.89. The van der Waals surface area contributed by atoms with Crippen LogP contribution < -0.4 is 20.7 Å². The second-order valence-corrected chi connectivity index (χ2v) is 12.9. The fraction of sp³-hybridized carbons (Fsp3) is 0.458. The number of nitrogens with zero attached hydrogens (tertiary/aromatic N) is 4. The summed E-state index contributed by atoms with van der Waals surface area (Å²) in [4.78, 5) is 61.6. The van der Waals surface area contributed by atoms with Gasteiger partial charge in [-0.25, -0.2) is 9.78 Å². The van der Waals surface area contributed by atoms with E-state index in [0.717, 1.165) is 41.9 Å². The number of aliphatic carboxylic acids is 2. The molecule has 4 N–H and O–H groups in total. The molecule has 2 atom stereocenters. The lowest BCUT2D eigenvalue weighted by Crippen LogP contribution is -2.71. The normalized spacial score (nSPS) is 20.9. The van der Waals surface area contributed by atoms with Crippen molar-refractivity contribution < 1.29 is 38.8 Å². The molecule has 0 spiro atoms. The summed E-state index contributed by atoms with van der Waals surface area (Å²) < 4.78 is 2.06. The zero-order valence-electron chi connectivity index (χ0n) is 21.5. The minimum atomic E-state index is -1.75. The number of nitrogens with one attached hydrogen (secondary N) is 1. The number of oxime groups is 1. The molecule has 2 aromatic heterocycles. The molecule has 1 aliphatic carbocycles. The number of nitrogens with two attached hydrogens (primary N) is 1. The average Bonchev–Trinajstić information content (AvgIpc) is 3.53. The summed E-state index contributed by atoms with van der Waals surface area (Å²) in [5.41, 5.74) is 7.20. The molecule has 212 valence electrons. The molecule has 0 saturated carbocycles. The van der Waals surface area contributed by atoms with Gasteiger partial charge in [0.2, 0.25) is 11.1 Å². The molecule has 2 aromatic rings. The van der Waals surface area contributed by atoms with Crippen molar-refractivity contribution in [3.8, 4) is 0 Å². The van der Waals surface area contributed by atoms with Gasteiger partial charge in [-0.1, -0.05) is 16.5 Å². The lowest BCUT2D eigenvalue weighted by Gasteiger charge is -2.50. The van der Waals surface area contributed by atoms with Crippen LogP contribution >= 0.6 is 34.4 Å². The van der Waals surface area contributed by atoms with E-state index in [1.165, 1.54) is 41.6 Å². The fourth-order valence-corrected chi connectivity index (χ4v) is 7.58. The van der Waals surface area contributed by atoms with Crippen LogP contribution in [0.5, 0.6) is 0 Å². The van der Waals surface area contributed by atoms with E-state index in [9.17, 15) is 29.4 Å². The molecule has 0 aromatic carbocycles. The Morgan fingerprint density at radius 3 is 2.75 bits per heavy atom. The number of nitrogen functional groups attached to an aromatic ring is 1. The van der Waals surface area contributed by atoms with Crippen LogP contribution in [0.15, 0.2) is 27.3 Å². The van der Waals surface area contributed by atoms with E-state index in [2.05, 4.69) is 20.0 Å². The van der Waals surface area contributed by atoms with Gasteiger partial charge in [-0.2, -0.15) is 4.57 Å². The van der Waals surface area contributed by atoms with Gasteiger partial charge in [0.15, 0.2) is 23.1 Å². The van der Waals surface area contributed by atoms with E-state index in [1.807, 2.05) is 5.51 Å². The Morgan fingerprint density at radius 1 is 1.32 bits per heavy atom. The minimum absolute atomic E-state index is 0.0369. The van der Waals surface area contributed by atoms with E-state index >= 15 is 0 Å². The van der Waals surface area contributed by atoms with E-state index in [-0.39, 0.29) is 22.2 Å². The second kappa shape index (κ2) is 10.8. The molecule has 0 unspecified atom stereocenters. The SMILES string of the molecule is CC(C)(O/N=C(\C(=O)N[C@@H]1C(=O)N2C(C(=O)[O-])=C(C[n+]3csc4c3CCCC4)CS[C@H]12)c1csc(N)n1)C(=O)O. The fourth-order valence-electron chi connectivity index (χ4n) is 4.62. The Bertz CT molecular complexity index is 1460. The van der Waals surface area contributed by atoms with Crippen LogP contribution in [-0.2, 0) is 43.4 Å². The number of thioether (sulfide) groups is 1. The number of rotatable bonds is 9. The van der Waals surface area contributed by atoms with E-state index in [4.69, 9.17) is 10.6 Å². The van der Waals surface area contributed by atoms with Crippen molar-refractivity contribution in [3.63, 3.8) is 0 Å². The van der Waals surface area contributed by atoms with Crippen LogP contribution in [0.1, 0.15) is 43.0 Å². The Morgan fingerprint density at radius 2 is 2.08 bits per heavy atom. The topological polar surface area (TPSA) is 191 Å². The third kappa shape index (κ3) is 5.17. The van der Waals surface area contributed by atoms with Gasteiger partial charge in [0.25, 0.3) is 11.8 Å². The van der Waals surface area contributed by atoms with Crippen molar-refractivity contribution in [1.29, 1.82) is 0 Å². The quantitative estimate of drug-likeness (QED) is 0.147. The van der Waals surface area contributed by atoms with Crippen molar-refractivity contribution in [1.82, 2.24) is 15.2 Å². The summed E-state index contributed by atoms with van der Waals surface area (Å²) in [6, 6.07) is -1.05. The number of fused-ring (bicyclic) bond motifs is 2. The smallest absolute Gasteiger partial charge is 0.350 e. The van der Waals surface area contributed by atoms with Crippen molar-refractivity contribution in [2.75, 3.05) is 11.5 Å². The number of amides is 2. The number of β-lactam (4-membered cyclic amide) rings is 1. The molecule has 16 heteroatoms. The number of thiazole rings is 2. The van der Waals surface area contributed by atoms with Crippen molar-refractivity contribution >= 4 is 69.0 Å². The molecule has 0 radical (unpaired) electrons. The van der Waals surface area contributed by atoms with Crippen LogP contribution in [-0.4, -0.2) is 67.2 Å². The Labute approximate surface area is 240 Å². The van der Waals surface area contributed by atoms with E-state index in [1.54, 1.807) is 11.3 Å². The number of anilines is 1. The van der Waals surface area contributed by atoms with Crippen LogP contribution in [0, 0.1) is 0 Å². The molecule has 5 rings (SSSR count). The van der Waals surface area contributed by atoms with Gasteiger partial charge in [0.05, 0.1) is 16.5 Å². The molecule has 1 fully saturated rings. The molecule has 13 nitrogen and oxygen atoms in total. The zero-order valence-corrected chi connectivity index (χ0v) is 24.0. The first-order chi connectivity index (χ1) is 19.0. The molecule has 40 heavy (non-hydrogen) atoms. The average molecular weight is 607 g/mol. The van der Waals surface area contributed by atoms with E-state index < -0.39 is 40.8 Å². The Hall–Kier alpha value is -3.50. The largest absolute Gasteiger partial charge is 0.543 e. The van der Waals surface area contributed by atoms with Crippen LogP contribution in [0.4, 0.5) is 5.13 Å². The summed E-state index contributed by atoms with van der Waals surface area (Å²) >= 11 is 4.03. The van der Waals surface area contributed by atoms with Gasteiger partial charge in [-0.3, -0.25) is 14.5 Å². The van der Waals surface area contributed by atoms with E-state index in [0.29, 0.717) is 17.9 Å². The Kier molecular flexibility index (Phi) is 7.58.